The monoisotopic (exact) mass is 513 g/mol. The lowest BCUT2D eigenvalue weighted by molar-refractivity contribution is -0.117. The molecule has 3 heterocycles. The molecule has 2 atom stereocenters. The smallest absolute Gasteiger partial charge is 0.389 e. The lowest BCUT2D eigenvalue weighted by Crippen LogP contribution is -2.30. The zero-order chi connectivity index (χ0) is 26.2. The highest BCUT2D eigenvalue weighted by Gasteiger charge is 2.38. The molecule has 194 valence electrons. The molecule has 1 aliphatic heterocycles. The van der Waals surface area contributed by atoms with Crippen molar-refractivity contribution >= 4 is 23.8 Å². The summed E-state index contributed by atoms with van der Waals surface area (Å²) in [7, 11) is 0. The van der Waals surface area contributed by atoms with Crippen molar-refractivity contribution in [3.63, 3.8) is 0 Å². The second kappa shape index (κ2) is 9.89. The number of ether oxygens (including phenoxy) is 1. The van der Waals surface area contributed by atoms with Crippen molar-refractivity contribution in [1.82, 2.24) is 20.5 Å². The quantitative estimate of drug-likeness (QED) is 0.397. The van der Waals surface area contributed by atoms with Gasteiger partial charge in [0.05, 0.1) is 11.3 Å². The standard InChI is InChI=1S/C29H28FN5O3/c1-16-11-23-25(24(36)12-16)22(10-9-21-8-7-19(15-31-21)18-3-2-4-20(30)13-18)26-27(33-23)34-35-28(26)38-29(37)32-14-17-5-6-17/h2-4,7-10,13,15-17,22H,5-6,11-12,14H2,1H3,(H,32,37)(H2,33,34,35)/b10-9+. The Kier molecular flexibility index (Phi) is 6.27. The summed E-state index contributed by atoms with van der Waals surface area (Å²) in [6.45, 7) is 2.63. The Morgan fingerprint density at radius 1 is 1.21 bits per heavy atom. The summed E-state index contributed by atoms with van der Waals surface area (Å²) in [6, 6.07) is 10.1. The Balaban J connectivity index is 1.30. The zero-order valence-corrected chi connectivity index (χ0v) is 21.0. The van der Waals surface area contributed by atoms with Gasteiger partial charge in [0, 0.05) is 41.9 Å². The summed E-state index contributed by atoms with van der Waals surface area (Å²) in [5.41, 5.74) is 4.35. The van der Waals surface area contributed by atoms with Crippen molar-refractivity contribution in [2.75, 3.05) is 11.9 Å². The highest BCUT2D eigenvalue weighted by atomic mass is 19.1. The molecule has 0 radical (unpaired) electrons. The molecule has 1 fully saturated rings. The van der Waals surface area contributed by atoms with E-state index in [0.717, 1.165) is 36.1 Å². The van der Waals surface area contributed by atoms with Crippen LogP contribution < -0.4 is 15.4 Å². The average molecular weight is 514 g/mol. The molecule has 0 bridgehead atoms. The molecule has 8 nitrogen and oxygen atoms in total. The Morgan fingerprint density at radius 3 is 2.84 bits per heavy atom. The van der Waals surface area contributed by atoms with Gasteiger partial charge < -0.3 is 15.4 Å². The summed E-state index contributed by atoms with van der Waals surface area (Å²) in [4.78, 5) is 30.2. The number of allylic oxidation sites excluding steroid dienone is 3. The largest absolute Gasteiger partial charge is 0.414 e. The third-order valence-electron chi connectivity index (χ3n) is 7.20. The number of H-pyrrole nitrogens is 1. The van der Waals surface area contributed by atoms with Crippen LogP contribution in [0.5, 0.6) is 5.88 Å². The zero-order valence-electron chi connectivity index (χ0n) is 21.0. The van der Waals surface area contributed by atoms with Crippen molar-refractivity contribution in [3.8, 4) is 17.0 Å². The first-order valence-corrected chi connectivity index (χ1v) is 12.9. The highest BCUT2D eigenvalue weighted by molar-refractivity contribution is 6.01. The number of carbonyl (C=O) groups excluding carboxylic acids is 2. The number of aromatic nitrogens is 3. The number of fused-ring (bicyclic) bond motifs is 1. The van der Waals surface area contributed by atoms with Crippen LogP contribution >= 0.6 is 0 Å². The molecule has 3 N–H and O–H groups in total. The van der Waals surface area contributed by atoms with Crippen LogP contribution in [0, 0.1) is 17.7 Å². The van der Waals surface area contributed by atoms with E-state index in [1.54, 1.807) is 12.3 Å². The molecule has 3 aromatic rings. The molecule has 2 aliphatic carbocycles. The van der Waals surface area contributed by atoms with Gasteiger partial charge in [-0.3, -0.25) is 14.9 Å². The first-order valence-electron chi connectivity index (χ1n) is 12.9. The number of anilines is 1. The minimum absolute atomic E-state index is 0.0614. The third-order valence-corrected chi connectivity index (χ3v) is 7.20. The van der Waals surface area contributed by atoms with Crippen molar-refractivity contribution < 1.29 is 18.7 Å². The number of amides is 1. The van der Waals surface area contributed by atoms with Gasteiger partial charge in [-0.25, -0.2) is 9.18 Å². The maximum atomic E-state index is 13.6. The number of Topliss-reactive ketones (excluding diaryl/α,β-unsaturated/α-hetero) is 1. The van der Waals surface area contributed by atoms with Gasteiger partial charge in [0.25, 0.3) is 0 Å². The van der Waals surface area contributed by atoms with Crippen LogP contribution in [0.1, 0.15) is 49.8 Å². The number of aromatic amines is 1. The van der Waals surface area contributed by atoms with E-state index < -0.39 is 12.0 Å². The second-order valence-electron chi connectivity index (χ2n) is 10.3. The number of hydrogen-bond acceptors (Lipinski definition) is 6. The number of ketones is 1. The van der Waals surface area contributed by atoms with Gasteiger partial charge in [0.15, 0.2) is 5.78 Å². The Labute approximate surface area is 219 Å². The molecule has 1 aromatic carbocycles. The predicted molar refractivity (Wildman–Crippen MR) is 141 cm³/mol. The molecule has 2 unspecified atom stereocenters. The van der Waals surface area contributed by atoms with Crippen LogP contribution in [-0.4, -0.2) is 33.6 Å². The third kappa shape index (κ3) is 4.96. The summed E-state index contributed by atoms with van der Waals surface area (Å²) in [5.74, 6) is 0.791. The Hall–Kier alpha value is -4.27. The molecule has 38 heavy (non-hydrogen) atoms. The molecule has 1 saturated carbocycles. The van der Waals surface area contributed by atoms with Crippen molar-refractivity contribution in [1.29, 1.82) is 0 Å². The first kappa shape index (κ1) is 24.1. The van der Waals surface area contributed by atoms with Gasteiger partial charge in [0.1, 0.15) is 11.6 Å². The molecular weight excluding hydrogens is 485 g/mol. The first-order chi connectivity index (χ1) is 18.4. The second-order valence-corrected chi connectivity index (χ2v) is 10.3. The van der Waals surface area contributed by atoms with Gasteiger partial charge in [-0.05, 0) is 60.9 Å². The van der Waals surface area contributed by atoms with E-state index in [9.17, 15) is 14.0 Å². The number of pyridine rings is 1. The summed E-state index contributed by atoms with van der Waals surface area (Å²) in [5, 5.41) is 13.3. The van der Waals surface area contributed by atoms with Crippen LogP contribution in [-0.2, 0) is 4.79 Å². The fourth-order valence-electron chi connectivity index (χ4n) is 5.10. The molecule has 9 heteroatoms. The topological polar surface area (TPSA) is 109 Å². The van der Waals surface area contributed by atoms with Gasteiger partial charge in [-0.1, -0.05) is 31.2 Å². The van der Waals surface area contributed by atoms with E-state index in [1.165, 1.54) is 12.1 Å². The lowest BCUT2D eigenvalue weighted by Gasteiger charge is -2.32. The number of rotatable bonds is 6. The average Bonchev–Trinajstić information content (AvgIpc) is 3.65. The minimum atomic E-state index is -0.563. The summed E-state index contributed by atoms with van der Waals surface area (Å²) < 4.78 is 19.2. The minimum Gasteiger partial charge on any atom is -0.389 e. The van der Waals surface area contributed by atoms with Crippen LogP contribution in [0.2, 0.25) is 0 Å². The van der Waals surface area contributed by atoms with E-state index in [4.69, 9.17) is 4.74 Å². The number of halogens is 1. The number of benzene rings is 1. The van der Waals surface area contributed by atoms with Gasteiger partial charge >= 0.3 is 6.09 Å². The molecule has 1 amide bonds. The van der Waals surface area contributed by atoms with Crippen LogP contribution in [0.25, 0.3) is 17.2 Å². The number of nitrogens with zero attached hydrogens (tertiary/aromatic N) is 2. The highest BCUT2D eigenvalue weighted by Crippen LogP contribution is 2.46. The fourth-order valence-corrected chi connectivity index (χ4v) is 5.10. The summed E-state index contributed by atoms with van der Waals surface area (Å²) >= 11 is 0. The van der Waals surface area contributed by atoms with E-state index >= 15 is 0 Å². The lowest BCUT2D eigenvalue weighted by atomic mass is 9.77. The van der Waals surface area contributed by atoms with E-state index in [1.807, 2.05) is 30.4 Å². The Bertz CT molecular complexity index is 1460. The SMILES string of the molecule is CC1CC(=O)C2=C(C1)Nc1[nH]nc(OC(=O)NCC3CC3)c1C2/C=C/c1ccc(-c2cccc(F)c2)cn1. The van der Waals surface area contributed by atoms with Gasteiger partial charge in [-0.2, -0.15) is 0 Å². The molecule has 0 saturated heterocycles. The van der Waals surface area contributed by atoms with E-state index in [2.05, 4.69) is 32.7 Å². The van der Waals surface area contributed by atoms with E-state index in [0.29, 0.717) is 41.5 Å². The molecule has 6 rings (SSSR count). The fraction of sp³-hybridized carbons (Fsp3) is 0.310. The predicted octanol–water partition coefficient (Wildman–Crippen LogP) is 5.58. The van der Waals surface area contributed by atoms with E-state index in [-0.39, 0.29) is 23.4 Å². The number of hydrogen-bond donors (Lipinski definition) is 3. The number of carbonyl (C=O) groups is 2. The van der Waals surface area contributed by atoms with Gasteiger partial charge in [0.2, 0.25) is 5.88 Å². The van der Waals surface area contributed by atoms with Crippen molar-refractivity contribution in [2.45, 2.75) is 38.5 Å². The molecular formula is C29H28FN5O3. The molecule has 0 spiro atoms. The molecule has 2 aromatic heterocycles. The van der Waals surface area contributed by atoms with Crippen LogP contribution in [0.3, 0.4) is 0 Å². The maximum Gasteiger partial charge on any atom is 0.414 e. The normalized spacial score (nSPS) is 20.6. The Morgan fingerprint density at radius 2 is 2.08 bits per heavy atom. The van der Waals surface area contributed by atoms with Crippen LogP contribution in [0.15, 0.2) is 59.9 Å². The molecule has 3 aliphatic rings. The maximum absolute atomic E-state index is 13.6. The number of nitrogens with one attached hydrogen (secondary N) is 3. The van der Waals surface area contributed by atoms with Crippen molar-refractivity contribution in [3.05, 3.63) is 77.0 Å². The van der Waals surface area contributed by atoms with Gasteiger partial charge in [-0.15, -0.1) is 5.10 Å². The summed E-state index contributed by atoms with van der Waals surface area (Å²) in [6.07, 6.45) is 8.29. The van der Waals surface area contributed by atoms with Crippen LogP contribution in [0.4, 0.5) is 15.0 Å². The van der Waals surface area contributed by atoms with Crippen molar-refractivity contribution in [2.24, 2.45) is 11.8 Å².